The summed E-state index contributed by atoms with van der Waals surface area (Å²) in [5, 5.41) is 14.0. The average molecular weight is 459 g/mol. The number of aliphatic carboxylic acids is 1. The quantitative estimate of drug-likeness (QED) is 0.351. The van der Waals surface area contributed by atoms with Gasteiger partial charge in [-0.3, -0.25) is 14.4 Å². The second kappa shape index (κ2) is 11.0. The number of carbonyl (C=O) groups is 3. The van der Waals surface area contributed by atoms with Gasteiger partial charge in [-0.05, 0) is 72.4 Å². The molecule has 6 heteroatoms. The van der Waals surface area contributed by atoms with Crippen LogP contribution in [0.2, 0.25) is 0 Å². The first-order valence-electron chi connectivity index (χ1n) is 11.9. The Morgan fingerprint density at radius 2 is 1.56 bits per heavy atom. The molecule has 1 heterocycles. The van der Waals surface area contributed by atoms with Gasteiger partial charge in [0.25, 0.3) is 5.91 Å². The van der Waals surface area contributed by atoms with Crippen molar-refractivity contribution in [1.82, 2.24) is 5.32 Å². The first-order chi connectivity index (χ1) is 16.5. The molecule has 1 fully saturated rings. The van der Waals surface area contributed by atoms with Gasteiger partial charge in [-0.15, -0.1) is 0 Å². The largest absolute Gasteiger partial charge is 0.481 e. The highest BCUT2D eigenvalue weighted by molar-refractivity contribution is 5.99. The highest BCUT2D eigenvalue weighted by Crippen LogP contribution is 2.25. The zero-order chi connectivity index (χ0) is 23.9. The number of carboxylic acids is 1. The third kappa shape index (κ3) is 6.01. The topological polar surface area (TPSA) is 86.7 Å². The first-order valence-corrected chi connectivity index (χ1v) is 11.9. The second-order valence-electron chi connectivity index (χ2n) is 8.92. The van der Waals surface area contributed by atoms with Crippen LogP contribution >= 0.6 is 0 Å². The molecule has 0 radical (unpaired) electrons. The average Bonchev–Trinajstić information content (AvgIpc) is 2.86. The number of carbonyl (C=O) groups excluding carboxylic acids is 2. The molecule has 176 valence electrons. The van der Waals surface area contributed by atoms with E-state index in [0.717, 1.165) is 42.4 Å². The molecule has 0 aromatic heterocycles. The van der Waals surface area contributed by atoms with E-state index in [0.29, 0.717) is 30.5 Å². The van der Waals surface area contributed by atoms with Crippen LogP contribution in [0.25, 0.3) is 10.8 Å². The van der Waals surface area contributed by atoms with Crippen molar-refractivity contribution < 1.29 is 19.5 Å². The number of nitrogens with zero attached hydrogens (tertiary/aromatic N) is 1. The lowest BCUT2D eigenvalue weighted by Crippen LogP contribution is -2.34. The van der Waals surface area contributed by atoms with Gasteiger partial charge in [-0.2, -0.15) is 0 Å². The Bertz CT molecular complexity index is 1160. The maximum absolute atomic E-state index is 12.6. The molecule has 0 bridgehead atoms. The van der Waals surface area contributed by atoms with E-state index in [4.69, 9.17) is 5.11 Å². The van der Waals surface area contributed by atoms with Gasteiger partial charge in [-0.25, -0.2) is 0 Å². The van der Waals surface area contributed by atoms with Gasteiger partial charge >= 0.3 is 5.97 Å². The van der Waals surface area contributed by atoms with E-state index in [1.54, 1.807) is 0 Å². The number of piperidine rings is 1. The van der Waals surface area contributed by atoms with E-state index < -0.39 is 5.97 Å². The van der Waals surface area contributed by atoms with Gasteiger partial charge in [0.15, 0.2) is 5.78 Å². The maximum atomic E-state index is 12.6. The van der Waals surface area contributed by atoms with E-state index in [2.05, 4.69) is 10.2 Å². The molecule has 1 amide bonds. The van der Waals surface area contributed by atoms with Crippen molar-refractivity contribution >= 4 is 34.1 Å². The van der Waals surface area contributed by atoms with Gasteiger partial charge in [0.2, 0.25) is 0 Å². The summed E-state index contributed by atoms with van der Waals surface area (Å²) in [4.78, 5) is 38.1. The van der Waals surface area contributed by atoms with Crippen LogP contribution in [-0.2, 0) is 4.79 Å². The monoisotopic (exact) mass is 458 g/mol. The number of Topliss-reactive ketones (excluding diaryl/α,β-unsaturated/α-hetero) is 1. The van der Waals surface area contributed by atoms with Gasteiger partial charge in [0.05, 0.1) is 0 Å². The molecule has 3 aromatic rings. The highest BCUT2D eigenvalue weighted by atomic mass is 16.4. The summed E-state index contributed by atoms with van der Waals surface area (Å²) in [6.07, 6.45) is 2.94. The Balaban J connectivity index is 1.21. The van der Waals surface area contributed by atoms with Gasteiger partial charge in [0, 0.05) is 49.3 Å². The molecule has 0 unspecified atom stereocenters. The molecule has 34 heavy (non-hydrogen) atoms. The van der Waals surface area contributed by atoms with Crippen LogP contribution in [0.1, 0.15) is 52.8 Å². The van der Waals surface area contributed by atoms with Crippen LogP contribution in [0, 0.1) is 5.92 Å². The molecule has 1 aliphatic heterocycles. The van der Waals surface area contributed by atoms with Crippen LogP contribution in [0.5, 0.6) is 0 Å². The minimum absolute atomic E-state index is 0.0617. The van der Waals surface area contributed by atoms with Crippen molar-refractivity contribution in [2.45, 2.75) is 32.1 Å². The third-order valence-electron chi connectivity index (χ3n) is 6.51. The lowest BCUT2D eigenvalue weighted by atomic mass is 9.93. The summed E-state index contributed by atoms with van der Waals surface area (Å²) in [5.41, 5.74) is 2.35. The number of ketones is 1. The molecular weight excluding hydrogens is 428 g/mol. The number of amides is 1. The lowest BCUT2D eigenvalue weighted by Gasteiger charge is -2.33. The zero-order valence-electron chi connectivity index (χ0n) is 19.2. The number of fused-ring (bicyclic) bond motifs is 1. The molecule has 0 aliphatic carbocycles. The molecule has 4 rings (SSSR count). The second-order valence-corrected chi connectivity index (χ2v) is 8.92. The van der Waals surface area contributed by atoms with Gasteiger partial charge in [0.1, 0.15) is 0 Å². The van der Waals surface area contributed by atoms with E-state index in [1.165, 1.54) is 0 Å². The molecule has 2 N–H and O–H groups in total. The van der Waals surface area contributed by atoms with Gasteiger partial charge in [-0.1, -0.05) is 30.3 Å². The lowest BCUT2D eigenvalue weighted by molar-refractivity contribution is -0.138. The molecular formula is C28H30N2O4. The van der Waals surface area contributed by atoms with Gasteiger partial charge < -0.3 is 15.3 Å². The van der Waals surface area contributed by atoms with Crippen LogP contribution in [0.15, 0.2) is 66.7 Å². The van der Waals surface area contributed by atoms with Crippen molar-refractivity contribution in [2.24, 2.45) is 5.92 Å². The Morgan fingerprint density at radius 3 is 2.26 bits per heavy atom. The first kappa shape index (κ1) is 23.5. The van der Waals surface area contributed by atoms with E-state index in [1.807, 2.05) is 66.7 Å². The fraction of sp³-hybridized carbons (Fsp3) is 0.321. The Labute approximate surface area is 199 Å². The Kier molecular flexibility index (Phi) is 7.58. The minimum Gasteiger partial charge on any atom is -0.481 e. The molecule has 0 atom stereocenters. The summed E-state index contributed by atoms with van der Waals surface area (Å²) >= 11 is 0. The number of carboxylic acid groups (broad SMARTS) is 1. The summed E-state index contributed by atoms with van der Waals surface area (Å²) in [6.45, 7) is 2.12. The number of rotatable bonds is 9. The fourth-order valence-electron chi connectivity index (χ4n) is 4.53. The molecule has 3 aromatic carbocycles. The van der Waals surface area contributed by atoms with E-state index in [9.17, 15) is 14.4 Å². The molecule has 0 saturated carbocycles. The van der Waals surface area contributed by atoms with Crippen LogP contribution in [-0.4, -0.2) is 42.4 Å². The molecule has 1 aliphatic rings. The molecule has 0 spiro atoms. The molecule has 6 nitrogen and oxygen atoms in total. The Hall–Kier alpha value is -3.67. The number of hydrogen-bond donors (Lipinski definition) is 2. The van der Waals surface area contributed by atoms with Crippen LogP contribution in [0.3, 0.4) is 0 Å². The summed E-state index contributed by atoms with van der Waals surface area (Å²) in [6, 6.07) is 21.2. The normalized spacial score (nSPS) is 14.2. The predicted molar refractivity (Wildman–Crippen MR) is 133 cm³/mol. The van der Waals surface area contributed by atoms with Crippen LogP contribution in [0.4, 0.5) is 5.69 Å². The summed E-state index contributed by atoms with van der Waals surface area (Å²) in [5.74, 6) is -0.549. The van der Waals surface area contributed by atoms with E-state index >= 15 is 0 Å². The van der Waals surface area contributed by atoms with Crippen molar-refractivity contribution in [3.05, 3.63) is 77.9 Å². The van der Waals surface area contributed by atoms with Crippen molar-refractivity contribution in [1.29, 1.82) is 0 Å². The summed E-state index contributed by atoms with van der Waals surface area (Å²) < 4.78 is 0. The predicted octanol–water partition coefficient (Wildman–Crippen LogP) is 4.92. The van der Waals surface area contributed by atoms with E-state index in [-0.39, 0.29) is 24.0 Å². The number of anilines is 1. The van der Waals surface area contributed by atoms with Crippen molar-refractivity contribution in [3.8, 4) is 0 Å². The number of nitrogens with one attached hydrogen (secondary N) is 1. The highest BCUT2D eigenvalue weighted by Gasteiger charge is 2.21. The van der Waals surface area contributed by atoms with Crippen molar-refractivity contribution in [3.63, 3.8) is 0 Å². The zero-order valence-corrected chi connectivity index (χ0v) is 19.2. The third-order valence-corrected chi connectivity index (χ3v) is 6.51. The standard InChI is InChI=1S/C28H30N2O4/c31-26(6-3-15-29-28(34)24-8-7-21-4-1-2-5-23(21)19-24)22-9-11-25(12-10-22)30-16-13-20(14-17-30)18-27(32)33/h1-2,4-5,7-12,19-20H,3,6,13-18H2,(H,29,34)(H,32,33). The van der Waals surface area contributed by atoms with Crippen LogP contribution < -0.4 is 10.2 Å². The fourth-order valence-corrected chi connectivity index (χ4v) is 4.53. The minimum atomic E-state index is -0.727. The number of benzene rings is 3. The maximum Gasteiger partial charge on any atom is 0.303 e. The Morgan fingerprint density at radius 1 is 0.882 bits per heavy atom. The van der Waals surface area contributed by atoms with Crippen molar-refractivity contribution in [2.75, 3.05) is 24.5 Å². The molecule has 1 saturated heterocycles. The summed E-state index contributed by atoms with van der Waals surface area (Å²) in [7, 11) is 0. The SMILES string of the molecule is O=C(O)CC1CCN(c2ccc(C(=O)CCCNC(=O)c3ccc4ccccc4c3)cc2)CC1. The number of hydrogen-bond acceptors (Lipinski definition) is 4. The smallest absolute Gasteiger partial charge is 0.303 e.